The molecule has 0 radical (unpaired) electrons. The topological polar surface area (TPSA) is 67.3 Å². The van der Waals surface area contributed by atoms with Crippen LogP contribution in [0.1, 0.15) is 5.56 Å². The van der Waals surface area contributed by atoms with Gasteiger partial charge < -0.3 is 4.74 Å². The summed E-state index contributed by atoms with van der Waals surface area (Å²) in [7, 11) is 1.72. The van der Waals surface area contributed by atoms with E-state index in [2.05, 4.69) is 21.1 Å². The second kappa shape index (κ2) is 3.44. The van der Waals surface area contributed by atoms with Crippen LogP contribution in [0.4, 0.5) is 0 Å². The fourth-order valence-electron chi connectivity index (χ4n) is 1.28. The first-order valence-corrected chi connectivity index (χ1v) is 4.14. The van der Waals surface area contributed by atoms with Crippen LogP contribution in [-0.4, -0.2) is 26.8 Å². The summed E-state index contributed by atoms with van der Waals surface area (Å²) in [4.78, 5) is 0. The summed E-state index contributed by atoms with van der Waals surface area (Å²) in [6.07, 6.45) is 0. The van der Waals surface area contributed by atoms with E-state index in [1.165, 1.54) is 0 Å². The van der Waals surface area contributed by atoms with Crippen LogP contribution in [-0.2, 0) is 6.73 Å². The molecule has 0 bridgehead atoms. The summed E-state index contributed by atoms with van der Waals surface area (Å²) in [6, 6.07) is 7.36. The number of fused-ring (bicyclic) bond motifs is 1. The summed E-state index contributed by atoms with van der Waals surface area (Å²) >= 11 is 0. The standard InChI is InChI=1S/C9H8N4O/c1-14-6-13-9-3-2-7(5-10)4-8(9)11-12-13/h2-4H,6H2,1H3/p+1. The van der Waals surface area contributed by atoms with Crippen molar-refractivity contribution in [3.8, 4) is 6.07 Å². The van der Waals surface area contributed by atoms with Gasteiger partial charge in [-0.3, -0.25) is 0 Å². The van der Waals surface area contributed by atoms with Crippen molar-refractivity contribution in [1.82, 2.24) is 15.0 Å². The van der Waals surface area contributed by atoms with Crippen LogP contribution in [0.25, 0.3) is 11.0 Å². The van der Waals surface area contributed by atoms with E-state index in [1.54, 1.807) is 23.9 Å². The first-order valence-electron chi connectivity index (χ1n) is 4.14. The van der Waals surface area contributed by atoms with Crippen LogP contribution >= 0.6 is 0 Å². The average molecular weight is 189 g/mol. The van der Waals surface area contributed by atoms with Gasteiger partial charge in [-0.05, 0) is 18.2 Å². The number of hydrogen-bond acceptors (Lipinski definition) is 3. The molecule has 0 aliphatic heterocycles. The summed E-state index contributed by atoms with van der Waals surface area (Å²) in [6.45, 7) is 0.488. The van der Waals surface area contributed by atoms with Gasteiger partial charge in [-0.15, -0.1) is 5.10 Å². The molecule has 0 saturated carbocycles. The third-order valence-electron chi connectivity index (χ3n) is 1.92. The zero-order valence-corrected chi connectivity index (χ0v) is 7.68. The second-order valence-corrected chi connectivity index (χ2v) is 2.86. The molecule has 0 spiro atoms. The van der Waals surface area contributed by atoms with Gasteiger partial charge in [-0.25, -0.2) is 0 Å². The van der Waals surface area contributed by atoms with Gasteiger partial charge in [0.15, 0.2) is 0 Å². The smallest absolute Gasteiger partial charge is 0.245 e. The normalized spacial score (nSPS) is 10.3. The molecular formula is C9H9N4O+. The third-order valence-corrected chi connectivity index (χ3v) is 1.92. The van der Waals surface area contributed by atoms with E-state index < -0.39 is 0 Å². The SMILES string of the molecule is C[OH+]Cn1nnc2cc(C#N)ccc21. The van der Waals surface area contributed by atoms with Crippen molar-refractivity contribution in [2.45, 2.75) is 6.73 Å². The van der Waals surface area contributed by atoms with Crippen LogP contribution in [0.5, 0.6) is 0 Å². The predicted molar refractivity (Wildman–Crippen MR) is 50.4 cm³/mol. The highest BCUT2D eigenvalue weighted by Crippen LogP contribution is 2.12. The third kappa shape index (κ3) is 1.32. The molecule has 2 rings (SSSR count). The number of hydrogen-bond donors (Lipinski definition) is 0. The molecule has 2 aromatic rings. The van der Waals surface area contributed by atoms with Crippen molar-refractivity contribution in [2.75, 3.05) is 7.11 Å². The summed E-state index contributed by atoms with van der Waals surface area (Å²) in [5.41, 5.74) is 2.22. The van der Waals surface area contributed by atoms with Crippen LogP contribution in [0.3, 0.4) is 0 Å². The first kappa shape index (κ1) is 8.66. The Bertz CT molecular complexity index is 497. The highest BCUT2D eigenvalue weighted by Gasteiger charge is 2.05. The number of benzene rings is 1. The fourth-order valence-corrected chi connectivity index (χ4v) is 1.28. The number of nitrogens with zero attached hydrogens (tertiary/aromatic N) is 4. The van der Waals surface area contributed by atoms with Crippen molar-refractivity contribution in [1.29, 1.82) is 5.26 Å². The van der Waals surface area contributed by atoms with E-state index in [0.29, 0.717) is 12.3 Å². The molecule has 0 aliphatic carbocycles. The van der Waals surface area contributed by atoms with Crippen LogP contribution in [0.15, 0.2) is 18.2 Å². The predicted octanol–water partition coefficient (Wildman–Crippen LogP) is 0.418. The zero-order valence-electron chi connectivity index (χ0n) is 7.68. The van der Waals surface area contributed by atoms with Gasteiger partial charge in [-0.1, -0.05) is 5.21 Å². The summed E-state index contributed by atoms with van der Waals surface area (Å²) in [5.74, 6) is 0. The van der Waals surface area contributed by atoms with Gasteiger partial charge in [-0.2, -0.15) is 9.94 Å². The Hall–Kier alpha value is -1.93. The molecular weight excluding hydrogens is 180 g/mol. The summed E-state index contributed by atoms with van der Waals surface area (Å²) < 4.78 is 5.66. The van der Waals surface area contributed by atoms with E-state index in [4.69, 9.17) is 5.26 Å². The molecule has 5 nitrogen and oxygen atoms in total. The van der Waals surface area contributed by atoms with Crippen LogP contribution in [0, 0.1) is 11.3 Å². The summed E-state index contributed by atoms with van der Waals surface area (Å²) in [5, 5.41) is 16.6. The van der Waals surface area contributed by atoms with Crippen molar-refractivity contribution in [3.63, 3.8) is 0 Å². The van der Waals surface area contributed by atoms with Gasteiger partial charge in [0, 0.05) is 0 Å². The molecule has 1 heterocycles. The highest BCUT2D eigenvalue weighted by atomic mass is 16.5. The molecule has 1 N–H and O–H groups in total. The van der Waals surface area contributed by atoms with Crippen molar-refractivity contribution >= 4 is 11.0 Å². The van der Waals surface area contributed by atoms with Crippen LogP contribution < -0.4 is 0 Å². The maximum Gasteiger partial charge on any atom is 0.245 e. The van der Waals surface area contributed by atoms with Crippen LogP contribution in [0.2, 0.25) is 0 Å². The highest BCUT2D eigenvalue weighted by molar-refractivity contribution is 5.75. The van der Waals surface area contributed by atoms with E-state index in [-0.39, 0.29) is 0 Å². The molecule has 1 aromatic heterocycles. The van der Waals surface area contributed by atoms with E-state index in [9.17, 15) is 0 Å². The van der Waals surface area contributed by atoms with Gasteiger partial charge in [0.1, 0.15) is 12.6 Å². The maximum absolute atomic E-state index is 8.68. The van der Waals surface area contributed by atoms with Crippen molar-refractivity contribution in [2.24, 2.45) is 0 Å². The number of nitriles is 1. The lowest BCUT2D eigenvalue weighted by Gasteiger charge is -1.95. The zero-order chi connectivity index (χ0) is 9.97. The van der Waals surface area contributed by atoms with E-state index >= 15 is 0 Å². The Morgan fingerprint density at radius 2 is 2.43 bits per heavy atom. The van der Waals surface area contributed by atoms with Gasteiger partial charge >= 0.3 is 0 Å². The average Bonchev–Trinajstić information content (AvgIpc) is 2.61. The fraction of sp³-hybridized carbons (Fsp3) is 0.222. The monoisotopic (exact) mass is 189 g/mol. The minimum absolute atomic E-state index is 0.488. The minimum Gasteiger partial charge on any atom is -0.418 e. The molecule has 0 unspecified atom stereocenters. The molecule has 70 valence electrons. The Labute approximate surface area is 80.5 Å². The number of ether oxygens (including phenoxy) is 1. The van der Waals surface area contributed by atoms with Gasteiger partial charge in [0.2, 0.25) is 6.73 Å². The molecule has 1 aromatic carbocycles. The molecule has 0 atom stereocenters. The van der Waals surface area contributed by atoms with E-state index in [0.717, 1.165) is 11.0 Å². The van der Waals surface area contributed by atoms with E-state index in [1.807, 2.05) is 6.07 Å². The Morgan fingerprint density at radius 1 is 1.57 bits per heavy atom. The largest absolute Gasteiger partial charge is 0.418 e. The van der Waals surface area contributed by atoms with Gasteiger partial charge in [0.25, 0.3) is 0 Å². The lowest BCUT2D eigenvalue weighted by Crippen LogP contribution is -2.04. The lowest BCUT2D eigenvalue weighted by molar-refractivity contribution is -0.0437. The number of rotatable bonds is 2. The molecule has 0 amide bonds. The van der Waals surface area contributed by atoms with Crippen molar-refractivity contribution < 1.29 is 4.74 Å². The molecule has 5 heteroatoms. The van der Waals surface area contributed by atoms with Crippen molar-refractivity contribution in [3.05, 3.63) is 23.8 Å². The maximum atomic E-state index is 8.68. The molecule has 0 aliphatic rings. The first-order chi connectivity index (χ1) is 6.85. The quantitative estimate of drug-likeness (QED) is 0.643. The molecule has 0 fully saturated rings. The molecule has 14 heavy (non-hydrogen) atoms. The Morgan fingerprint density at radius 3 is 3.14 bits per heavy atom. The number of aromatic nitrogens is 3. The lowest BCUT2D eigenvalue weighted by atomic mass is 10.2. The molecule has 0 saturated heterocycles. The Kier molecular flexibility index (Phi) is 2.13. The second-order valence-electron chi connectivity index (χ2n) is 2.86. The Balaban J connectivity index is 2.55. The minimum atomic E-state index is 0.488. The van der Waals surface area contributed by atoms with Gasteiger partial charge in [0.05, 0.1) is 17.1 Å². The number of aliphatic hydroxyl groups is 2.